The lowest BCUT2D eigenvalue weighted by Gasteiger charge is -2.14. The van der Waals surface area contributed by atoms with E-state index in [0.29, 0.717) is 30.2 Å². The fourth-order valence-corrected chi connectivity index (χ4v) is 1.91. The highest BCUT2D eigenvalue weighted by molar-refractivity contribution is 5.81. The van der Waals surface area contributed by atoms with Crippen molar-refractivity contribution in [3.63, 3.8) is 0 Å². The summed E-state index contributed by atoms with van der Waals surface area (Å²) >= 11 is 0. The molecule has 1 aliphatic rings. The molecule has 0 bridgehead atoms. The Morgan fingerprint density at radius 1 is 1.38 bits per heavy atom. The van der Waals surface area contributed by atoms with E-state index < -0.39 is 6.10 Å². The number of nitrogens with two attached hydrogens (primary N) is 1. The molecule has 84 valence electrons. The summed E-state index contributed by atoms with van der Waals surface area (Å²) in [5.41, 5.74) is 6.87. The van der Waals surface area contributed by atoms with Gasteiger partial charge < -0.3 is 20.1 Å². The van der Waals surface area contributed by atoms with Gasteiger partial charge in [-0.25, -0.2) is 15.0 Å². The Morgan fingerprint density at radius 3 is 3.00 bits per heavy atom. The summed E-state index contributed by atoms with van der Waals surface area (Å²) in [7, 11) is 0. The molecule has 0 aliphatic carbocycles. The standard InChI is InChI=1S/C9H11N5O2/c10-8-7-9(12-3-11-8)14(4-13-7)5-1-16-2-6(5)15/h3-6,15H,1-2H2,(H2,10,11,12)/t5-,6-/m1/s1. The molecule has 3 heterocycles. The fourth-order valence-electron chi connectivity index (χ4n) is 1.91. The zero-order valence-corrected chi connectivity index (χ0v) is 8.45. The Hall–Kier alpha value is -1.73. The van der Waals surface area contributed by atoms with Crippen LogP contribution in [0.1, 0.15) is 6.04 Å². The van der Waals surface area contributed by atoms with Crippen molar-refractivity contribution in [1.29, 1.82) is 0 Å². The highest BCUT2D eigenvalue weighted by atomic mass is 16.5. The lowest BCUT2D eigenvalue weighted by Crippen LogP contribution is -2.21. The van der Waals surface area contributed by atoms with E-state index >= 15 is 0 Å². The van der Waals surface area contributed by atoms with Crippen LogP contribution in [0.4, 0.5) is 5.82 Å². The molecular formula is C9H11N5O2. The first-order valence-electron chi connectivity index (χ1n) is 4.96. The van der Waals surface area contributed by atoms with Gasteiger partial charge in [-0.3, -0.25) is 0 Å². The molecule has 1 saturated heterocycles. The van der Waals surface area contributed by atoms with Gasteiger partial charge in [0, 0.05) is 0 Å². The summed E-state index contributed by atoms with van der Waals surface area (Å²) in [5.74, 6) is 0.345. The van der Waals surface area contributed by atoms with Gasteiger partial charge in [-0.2, -0.15) is 0 Å². The monoisotopic (exact) mass is 221 g/mol. The van der Waals surface area contributed by atoms with Crippen molar-refractivity contribution >= 4 is 17.0 Å². The van der Waals surface area contributed by atoms with E-state index in [2.05, 4.69) is 15.0 Å². The van der Waals surface area contributed by atoms with E-state index in [1.54, 1.807) is 10.9 Å². The molecule has 0 saturated carbocycles. The molecule has 0 unspecified atom stereocenters. The molecule has 1 aliphatic heterocycles. The third-order valence-corrected chi connectivity index (χ3v) is 2.77. The van der Waals surface area contributed by atoms with Gasteiger partial charge >= 0.3 is 0 Å². The van der Waals surface area contributed by atoms with Crippen molar-refractivity contribution in [1.82, 2.24) is 19.5 Å². The first-order chi connectivity index (χ1) is 7.77. The van der Waals surface area contributed by atoms with Gasteiger partial charge in [-0.05, 0) is 0 Å². The van der Waals surface area contributed by atoms with Crippen LogP contribution in [-0.2, 0) is 4.74 Å². The Kier molecular flexibility index (Phi) is 2.01. The molecule has 7 nitrogen and oxygen atoms in total. The predicted octanol–water partition coefficient (Wildman–Crippen LogP) is -0.659. The first-order valence-corrected chi connectivity index (χ1v) is 4.96. The molecule has 0 spiro atoms. The van der Waals surface area contributed by atoms with Crippen molar-refractivity contribution in [2.45, 2.75) is 12.1 Å². The summed E-state index contributed by atoms with van der Waals surface area (Å²) in [5, 5.41) is 9.74. The zero-order chi connectivity index (χ0) is 11.1. The smallest absolute Gasteiger partial charge is 0.165 e. The second-order valence-electron chi connectivity index (χ2n) is 3.76. The minimum absolute atomic E-state index is 0.153. The van der Waals surface area contributed by atoms with Gasteiger partial charge in [0.05, 0.1) is 25.6 Å². The number of hydrogen-bond donors (Lipinski definition) is 2. The summed E-state index contributed by atoms with van der Waals surface area (Å²) in [4.78, 5) is 12.1. The van der Waals surface area contributed by atoms with Gasteiger partial charge in [-0.15, -0.1) is 0 Å². The number of fused-ring (bicyclic) bond motifs is 1. The third kappa shape index (κ3) is 1.25. The highest BCUT2D eigenvalue weighted by Crippen LogP contribution is 2.24. The largest absolute Gasteiger partial charge is 0.388 e. The Labute approximate surface area is 90.9 Å². The Bertz CT molecular complexity index is 526. The number of aromatic nitrogens is 4. The second-order valence-corrected chi connectivity index (χ2v) is 3.76. The van der Waals surface area contributed by atoms with E-state index in [1.807, 2.05) is 0 Å². The lowest BCUT2D eigenvalue weighted by molar-refractivity contribution is 0.120. The average Bonchev–Trinajstić information content (AvgIpc) is 2.84. The molecule has 2 aromatic heterocycles. The summed E-state index contributed by atoms with van der Waals surface area (Å²) in [6, 6.07) is -0.153. The quantitative estimate of drug-likeness (QED) is 0.663. The minimum Gasteiger partial charge on any atom is -0.388 e. The van der Waals surface area contributed by atoms with Crippen LogP contribution in [0.15, 0.2) is 12.7 Å². The fraction of sp³-hybridized carbons (Fsp3) is 0.444. The van der Waals surface area contributed by atoms with Crippen LogP contribution in [0.2, 0.25) is 0 Å². The van der Waals surface area contributed by atoms with Crippen LogP contribution in [0.3, 0.4) is 0 Å². The molecule has 7 heteroatoms. The van der Waals surface area contributed by atoms with Crippen molar-refractivity contribution in [3.8, 4) is 0 Å². The van der Waals surface area contributed by atoms with E-state index in [4.69, 9.17) is 10.5 Å². The van der Waals surface area contributed by atoms with Gasteiger partial charge in [0.2, 0.25) is 0 Å². The summed E-state index contributed by atoms with van der Waals surface area (Å²) in [6.45, 7) is 0.793. The highest BCUT2D eigenvalue weighted by Gasteiger charge is 2.29. The number of nitrogen functional groups attached to an aromatic ring is 1. The Balaban J connectivity index is 2.14. The van der Waals surface area contributed by atoms with Gasteiger partial charge in [-0.1, -0.05) is 0 Å². The predicted molar refractivity (Wildman–Crippen MR) is 55.6 cm³/mol. The SMILES string of the molecule is Nc1ncnc2c1ncn2[C@@H]1COC[C@H]1O. The van der Waals surface area contributed by atoms with Gasteiger partial charge in [0.25, 0.3) is 0 Å². The molecule has 2 atom stereocenters. The second kappa shape index (κ2) is 3.39. The molecule has 3 N–H and O–H groups in total. The van der Waals surface area contributed by atoms with Crippen LogP contribution in [0.25, 0.3) is 11.2 Å². The number of aliphatic hydroxyl groups is 1. The number of rotatable bonds is 1. The van der Waals surface area contributed by atoms with Crippen LogP contribution in [-0.4, -0.2) is 43.9 Å². The third-order valence-electron chi connectivity index (χ3n) is 2.77. The molecule has 16 heavy (non-hydrogen) atoms. The number of anilines is 1. The first kappa shape index (κ1) is 9.49. The molecule has 2 aromatic rings. The summed E-state index contributed by atoms with van der Waals surface area (Å²) in [6.07, 6.45) is 2.46. The van der Waals surface area contributed by atoms with Crippen LogP contribution in [0.5, 0.6) is 0 Å². The van der Waals surface area contributed by atoms with Gasteiger partial charge in [0.1, 0.15) is 17.9 Å². The van der Waals surface area contributed by atoms with Crippen molar-refractivity contribution in [3.05, 3.63) is 12.7 Å². The van der Waals surface area contributed by atoms with E-state index in [1.165, 1.54) is 6.33 Å². The van der Waals surface area contributed by atoms with Crippen molar-refractivity contribution in [2.24, 2.45) is 0 Å². The number of hydrogen-bond acceptors (Lipinski definition) is 6. The van der Waals surface area contributed by atoms with E-state index in [0.717, 1.165) is 0 Å². The van der Waals surface area contributed by atoms with Crippen LogP contribution in [0, 0.1) is 0 Å². The summed E-state index contributed by atoms with van der Waals surface area (Å²) < 4.78 is 6.98. The number of ether oxygens (including phenoxy) is 1. The molecule has 0 aromatic carbocycles. The maximum Gasteiger partial charge on any atom is 0.165 e. The molecule has 3 rings (SSSR count). The molecule has 0 radical (unpaired) electrons. The number of imidazole rings is 1. The van der Waals surface area contributed by atoms with E-state index in [9.17, 15) is 5.11 Å². The maximum absolute atomic E-state index is 9.74. The minimum atomic E-state index is -0.534. The molecule has 1 fully saturated rings. The number of aliphatic hydroxyl groups excluding tert-OH is 1. The topological polar surface area (TPSA) is 99.1 Å². The normalized spacial score (nSPS) is 25.3. The maximum atomic E-state index is 9.74. The van der Waals surface area contributed by atoms with E-state index in [-0.39, 0.29) is 6.04 Å². The van der Waals surface area contributed by atoms with Crippen LogP contribution < -0.4 is 5.73 Å². The number of nitrogens with zero attached hydrogens (tertiary/aromatic N) is 4. The molecular weight excluding hydrogens is 210 g/mol. The van der Waals surface area contributed by atoms with Crippen molar-refractivity contribution < 1.29 is 9.84 Å². The van der Waals surface area contributed by atoms with Crippen molar-refractivity contribution in [2.75, 3.05) is 18.9 Å². The van der Waals surface area contributed by atoms with Crippen LogP contribution >= 0.6 is 0 Å². The Morgan fingerprint density at radius 2 is 2.25 bits per heavy atom. The molecule has 0 amide bonds. The lowest BCUT2D eigenvalue weighted by atomic mass is 10.2. The van der Waals surface area contributed by atoms with Gasteiger partial charge in [0.15, 0.2) is 11.5 Å². The zero-order valence-electron chi connectivity index (χ0n) is 8.45. The average molecular weight is 221 g/mol.